The first-order valence-electron chi connectivity index (χ1n) is 7.23. The van der Waals surface area contributed by atoms with Gasteiger partial charge in [-0.15, -0.1) is 0 Å². The van der Waals surface area contributed by atoms with E-state index in [1.165, 1.54) is 18.6 Å². The number of hydrogen-bond donors (Lipinski definition) is 1. The molecule has 1 amide bonds. The average Bonchev–Trinajstić information content (AvgIpc) is 2.46. The van der Waals surface area contributed by atoms with Crippen LogP contribution in [0.15, 0.2) is 18.2 Å². The third-order valence-corrected chi connectivity index (χ3v) is 4.36. The first kappa shape index (κ1) is 15.3. The third-order valence-electron chi connectivity index (χ3n) is 4.36. The molecule has 1 aromatic rings. The Morgan fingerprint density at radius 1 is 1.38 bits per heavy atom. The summed E-state index contributed by atoms with van der Waals surface area (Å²) in [5, 5.41) is 10.9. The quantitative estimate of drug-likeness (QED) is 0.527. The molecule has 0 radical (unpaired) electrons. The van der Waals surface area contributed by atoms with Crippen LogP contribution in [-0.2, 0) is 0 Å². The standard InChI is InChI=1S/C15H21N3O3/c1-10-5-3-4-6-13(10)17(2)15(19)11-7-8-12(16)14(9-11)18(20)21/h7-10,13H,3-6,16H2,1-2H3. The number of hydrogen-bond acceptors (Lipinski definition) is 4. The lowest BCUT2D eigenvalue weighted by atomic mass is 9.85. The summed E-state index contributed by atoms with van der Waals surface area (Å²) in [5.41, 5.74) is 5.74. The van der Waals surface area contributed by atoms with E-state index in [0.717, 1.165) is 19.3 Å². The highest BCUT2D eigenvalue weighted by molar-refractivity contribution is 5.95. The lowest BCUT2D eigenvalue weighted by molar-refractivity contribution is -0.383. The topological polar surface area (TPSA) is 89.5 Å². The zero-order valence-corrected chi connectivity index (χ0v) is 12.4. The van der Waals surface area contributed by atoms with E-state index in [1.807, 2.05) is 0 Å². The SMILES string of the molecule is CC1CCCCC1N(C)C(=O)c1ccc(N)c([N+](=O)[O-])c1. The molecule has 1 saturated carbocycles. The van der Waals surface area contributed by atoms with Crippen LogP contribution in [0.5, 0.6) is 0 Å². The summed E-state index contributed by atoms with van der Waals surface area (Å²) in [4.78, 5) is 24.6. The molecule has 1 aliphatic rings. The number of nitrogens with zero attached hydrogens (tertiary/aromatic N) is 2. The molecule has 0 aliphatic heterocycles. The molecule has 1 aromatic carbocycles. The molecular weight excluding hydrogens is 270 g/mol. The molecule has 21 heavy (non-hydrogen) atoms. The van der Waals surface area contributed by atoms with Crippen LogP contribution in [-0.4, -0.2) is 28.8 Å². The average molecular weight is 291 g/mol. The van der Waals surface area contributed by atoms with Gasteiger partial charge in [0.1, 0.15) is 5.69 Å². The molecule has 1 aliphatic carbocycles. The van der Waals surface area contributed by atoms with E-state index in [1.54, 1.807) is 18.0 Å². The molecule has 2 unspecified atom stereocenters. The van der Waals surface area contributed by atoms with Gasteiger partial charge in [0.2, 0.25) is 0 Å². The van der Waals surface area contributed by atoms with Gasteiger partial charge in [-0.2, -0.15) is 0 Å². The van der Waals surface area contributed by atoms with Crippen molar-refractivity contribution in [2.24, 2.45) is 5.92 Å². The Labute approximate surface area is 124 Å². The van der Waals surface area contributed by atoms with Crippen molar-refractivity contribution >= 4 is 17.3 Å². The number of carbonyl (C=O) groups is 1. The van der Waals surface area contributed by atoms with Gasteiger partial charge >= 0.3 is 0 Å². The molecule has 0 aromatic heterocycles. The fourth-order valence-corrected chi connectivity index (χ4v) is 3.06. The summed E-state index contributed by atoms with van der Waals surface area (Å²) in [7, 11) is 1.77. The van der Waals surface area contributed by atoms with Gasteiger partial charge in [0.25, 0.3) is 11.6 Å². The maximum absolute atomic E-state index is 12.5. The molecule has 6 nitrogen and oxygen atoms in total. The van der Waals surface area contributed by atoms with Crippen LogP contribution in [0.3, 0.4) is 0 Å². The van der Waals surface area contributed by atoms with Crippen LogP contribution in [0, 0.1) is 16.0 Å². The number of carbonyl (C=O) groups excluding carboxylic acids is 1. The Hall–Kier alpha value is -2.11. The van der Waals surface area contributed by atoms with Crippen molar-refractivity contribution in [2.45, 2.75) is 38.6 Å². The van der Waals surface area contributed by atoms with E-state index in [-0.39, 0.29) is 23.3 Å². The number of nitrogen functional groups attached to an aromatic ring is 1. The Balaban J connectivity index is 2.23. The number of rotatable bonds is 3. The van der Waals surface area contributed by atoms with E-state index in [4.69, 9.17) is 5.73 Å². The molecule has 114 valence electrons. The van der Waals surface area contributed by atoms with Gasteiger partial charge in [0.05, 0.1) is 4.92 Å². The van der Waals surface area contributed by atoms with Crippen molar-refractivity contribution < 1.29 is 9.72 Å². The van der Waals surface area contributed by atoms with Crippen LogP contribution < -0.4 is 5.73 Å². The molecule has 2 rings (SSSR count). The zero-order chi connectivity index (χ0) is 15.6. The molecule has 0 saturated heterocycles. The van der Waals surface area contributed by atoms with E-state index in [0.29, 0.717) is 11.5 Å². The number of anilines is 1. The second kappa shape index (κ2) is 6.11. The Bertz CT molecular complexity index is 559. The molecule has 2 atom stereocenters. The Morgan fingerprint density at radius 3 is 2.67 bits per heavy atom. The minimum absolute atomic E-state index is 0.0743. The first-order valence-corrected chi connectivity index (χ1v) is 7.23. The van der Waals surface area contributed by atoms with Crippen molar-refractivity contribution in [2.75, 3.05) is 12.8 Å². The van der Waals surface area contributed by atoms with Crippen LogP contribution in [0.25, 0.3) is 0 Å². The van der Waals surface area contributed by atoms with E-state index in [2.05, 4.69) is 6.92 Å². The Morgan fingerprint density at radius 2 is 2.05 bits per heavy atom. The van der Waals surface area contributed by atoms with Gasteiger partial charge in [-0.3, -0.25) is 14.9 Å². The third kappa shape index (κ3) is 3.15. The minimum Gasteiger partial charge on any atom is -0.393 e. The molecule has 0 spiro atoms. The van der Waals surface area contributed by atoms with Gasteiger partial charge in [-0.1, -0.05) is 19.8 Å². The van der Waals surface area contributed by atoms with Gasteiger partial charge in [-0.05, 0) is 30.9 Å². The van der Waals surface area contributed by atoms with Gasteiger partial charge in [0, 0.05) is 24.7 Å². The highest BCUT2D eigenvalue weighted by Gasteiger charge is 2.29. The maximum Gasteiger partial charge on any atom is 0.292 e. The summed E-state index contributed by atoms with van der Waals surface area (Å²) in [6.45, 7) is 2.15. The van der Waals surface area contributed by atoms with Crippen molar-refractivity contribution in [3.05, 3.63) is 33.9 Å². The summed E-state index contributed by atoms with van der Waals surface area (Å²) in [5.74, 6) is 0.272. The predicted octanol–water partition coefficient (Wildman–Crippen LogP) is 2.83. The van der Waals surface area contributed by atoms with Crippen molar-refractivity contribution in [3.8, 4) is 0 Å². The predicted molar refractivity (Wildman–Crippen MR) is 81.0 cm³/mol. The van der Waals surface area contributed by atoms with E-state index in [9.17, 15) is 14.9 Å². The molecule has 0 bridgehead atoms. The Kier molecular flexibility index (Phi) is 4.45. The van der Waals surface area contributed by atoms with Gasteiger partial charge < -0.3 is 10.6 Å². The van der Waals surface area contributed by atoms with E-state index >= 15 is 0 Å². The smallest absolute Gasteiger partial charge is 0.292 e. The zero-order valence-electron chi connectivity index (χ0n) is 12.4. The van der Waals surface area contributed by atoms with E-state index < -0.39 is 4.92 Å². The summed E-state index contributed by atoms with van der Waals surface area (Å²) in [6, 6.07) is 4.43. The number of benzene rings is 1. The highest BCUT2D eigenvalue weighted by atomic mass is 16.6. The highest BCUT2D eigenvalue weighted by Crippen LogP contribution is 2.29. The van der Waals surface area contributed by atoms with Crippen LogP contribution in [0.2, 0.25) is 0 Å². The summed E-state index contributed by atoms with van der Waals surface area (Å²) < 4.78 is 0. The van der Waals surface area contributed by atoms with Gasteiger partial charge in [0.15, 0.2) is 0 Å². The van der Waals surface area contributed by atoms with Crippen LogP contribution in [0.4, 0.5) is 11.4 Å². The fourth-order valence-electron chi connectivity index (χ4n) is 3.06. The molecule has 1 fully saturated rings. The molecule has 0 heterocycles. The lowest BCUT2D eigenvalue weighted by Gasteiger charge is -2.36. The number of amides is 1. The van der Waals surface area contributed by atoms with Crippen molar-refractivity contribution in [1.29, 1.82) is 0 Å². The van der Waals surface area contributed by atoms with Crippen molar-refractivity contribution in [3.63, 3.8) is 0 Å². The minimum atomic E-state index is -0.560. The second-order valence-corrected chi connectivity index (χ2v) is 5.78. The number of nitro benzene ring substituents is 1. The maximum atomic E-state index is 12.5. The second-order valence-electron chi connectivity index (χ2n) is 5.78. The summed E-state index contributed by atoms with van der Waals surface area (Å²) in [6.07, 6.45) is 4.42. The van der Waals surface area contributed by atoms with Crippen molar-refractivity contribution in [1.82, 2.24) is 4.90 Å². The lowest BCUT2D eigenvalue weighted by Crippen LogP contribution is -2.42. The molecule has 6 heteroatoms. The first-order chi connectivity index (χ1) is 9.91. The van der Waals surface area contributed by atoms with Gasteiger partial charge in [-0.25, -0.2) is 0 Å². The summed E-state index contributed by atoms with van der Waals surface area (Å²) >= 11 is 0. The molecular formula is C15H21N3O3. The number of nitrogens with two attached hydrogens (primary N) is 1. The number of nitro groups is 1. The fraction of sp³-hybridized carbons (Fsp3) is 0.533. The monoisotopic (exact) mass is 291 g/mol. The normalized spacial score (nSPS) is 21.8. The van der Waals surface area contributed by atoms with Crippen LogP contribution >= 0.6 is 0 Å². The van der Waals surface area contributed by atoms with Crippen LogP contribution in [0.1, 0.15) is 43.0 Å². The molecule has 2 N–H and O–H groups in total. The largest absolute Gasteiger partial charge is 0.393 e.